The van der Waals surface area contributed by atoms with Crippen LogP contribution in [0, 0.1) is 17.0 Å². The van der Waals surface area contributed by atoms with E-state index in [0.29, 0.717) is 0 Å². The molecule has 0 heterocycles. The van der Waals surface area contributed by atoms with Gasteiger partial charge in [0.25, 0.3) is 5.69 Å². The van der Waals surface area contributed by atoms with Crippen LogP contribution in [-0.2, 0) is 0 Å². The van der Waals surface area contributed by atoms with Crippen molar-refractivity contribution in [3.8, 4) is 11.5 Å². The van der Waals surface area contributed by atoms with E-state index in [1.165, 1.54) is 12.1 Å². The zero-order valence-corrected chi connectivity index (χ0v) is 12.7. The lowest BCUT2D eigenvalue weighted by molar-refractivity contribution is -0.384. The van der Waals surface area contributed by atoms with Crippen LogP contribution in [0.4, 0.5) is 5.69 Å². The Morgan fingerprint density at radius 3 is 1.91 bits per heavy atom. The summed E-state index contributed by atoms with van der Waals surface area (Å²) < 4.78 is 10.7. The second-order valence-corrected chi connectivity index (χ2v) is 4.73. The SMILES string of the molecule is COc1cc(C=Cc2ccc([N+](=O)[O-])cc2)cc(OC)c1C. The number of benzene rings is 2. The normalized spacial score (nSPS) is 10.7. The van der Waals surface area contributed by atoms with Crippen LogP contribution in [0.25, 0.3) is 12.2 Å². The summed E-state index contributed by atoms with van der Waals surface area (Å²) >= 11 is 0. The molecule has 0 unspecified atom stereocenters. The molecule has 114 valence electrons. The molecular weight excluding hydrogens is 282 g/mol. The number of methoxy groups -OCH3 is 2. The van der Waals surface area contributed by atoms with E-state index < -0.39 is 4.92 Å². The molecule has 0 aliphatic rings. The molecule has 22 heavy (non-hydrogen) atoms. The van der Waals surface area contributed by atoms with Gasteiger partial charge >= 0.3 is 0 Å². The largest absolute Gasteiger partial charge is 0.496 e. The predicted molar refractivity (Wildman–Crippen MR) is 86.3 cm³/mol. The number of non-ortho nitro benzene ring substituents is 1. The molecule has 0 bridgehead atoms. The van der Waals surface area contributed by atoms with Crippen LogP contribution in [0.2, 0.25) is 0 Å². The Hall–Kier alpha value is -2.82. The van der Waals surface area contributed by atoms with Gasteiger partial charge < -0.3 is 9.47 Å². The van der Waals surface area contributed by atoms with E-state index in [1.54, 1.807) is 26.4 Å². The molecule has 0 saturated heterocycles. The Kier molecular flexibility index (Phi) is 4.78. The number of nitro groups is 1. The maximum atomic E-state index is 10.6. The van der Waals surface area contributed by atoms with Crippen molar-refractivity contribution in [2.75, 3.05) is 14.2 Å². The Bertz CT molecular complexity index is 680. The van der Waals surface area contributed by atoms with E-state index in [9.17, 15) is 10.1 Å². The van der Waals surface area contributed by atoms with Gasteiger partial charge in [0, 0.05) is 17.7 Å². The molecule has 2 aromatic carbocycles. The highest BCUT2D eigenvalue weighted by atomic mass is 16.6. The topological polar surface area (TPSA) is 61.6 Å². The third-order valence-corrected chi connectivity index (χ3v) is 3.35. The lowest BCUT2D eigenvalue weighted by Gasteiger charge is -2.10. The fraction of sp³-hybridized carbons (Fsp3) is 0.176. The first kappa shape index (κ1) is 15.6. The molecule has 0 aliphatic carbocycles. The summed E-state index contributed by atoms with van der Waals surface area (Å²) in [6.07, 6.45) is 3.79. The van der Waals surface area contributed by atoms with Crippen LogP contribution >= 0.6 is 0 Å². The first-order chi connectivity index (χ1) is 10.5. The Balaban J connectivity index is 2.27. The second kappa shape index (κ2) is 6.76. The van der Waals surface area contributed by atoms with Gasteiger partial charge in [-0.2, -0.15) is 0 Å². The van der Waals surface area contributed by atoms with Gasteiger partial charge in [-0.1, -0.05) is 12.2 Å². The highest BCUT2D eigenvalue weighted by Gasteiger charge is 2.07. The number of hydrogen-bond donors (Lipinski definition) is 0. The van der Waals surface area contributed by atoms with Crippen molar-refractivity contribution in [2.45, 2.75) is 6.92 Å². The molecule has 0 N–H and O–H groups in total. The first-order valence-electron chi connectivity index (χ1n) is 6.70. The average Bonchev–Trinajstić information content (AvgIpc) is 2.54. The van der Waals surface area contributed by atoms with Crippen LogP contribution in [0.3, 0.4) is 0 Å². The number of ether oxygens (including phenoxy) is 2. The van der Waals surface area contributed by atoms with Gasteiger partial charge in [0.05, 0.1) is 19.1 Å². The van der Waals surface area contributed by atoms with Crippen molar-refractivity contribution < 1.29 is 14.4 Å². The van der Waals surface area contributed by atoms with Crippen molar-refractivity contribution in [3.63, 3.8) is 0 Å². The van der Waals surface area contributed by atoms with Crippen LogP contribution in [-0.4, -0.2) is 19.1 Å². The summed E-state index contributed by atoms with van der Waals surface area (Å²) in [6, 6.07) is 10.2. The average molecular weight is 299 g/mol. The molecule has 0 atom stereocenters. The Labute approximate surface area is 129 Å². The number of rotatable bonds is 5. The van der Waals surface area contributed by atoms with Gasteiger partial charge in [0.15, 0.2) is 0 Å². The van der Waals surface area contributed by atoms with Crippen molar-refractivity contribution in [3.05, 3.63) is 63.2 Å². The van der Waals surface area contributed by atoms with Gasteiger partial charge in [-0.15, -0.1) is 0 Å². The molecule has 0 saturated carbocycles. The Morgan fingerprint density at radius 1 is 0.955 bits per heavy atom. The maximum Gasteiger partial charge on any atom is 0.269 e. The summed E-state index contributed by atoms with van der Waals surface area (Å²) in [5.41, 5.74) is 2.83. The van der Waals surface area contributed by atoms with Gasteiger partial charge in [0.1, 0.15) is 11.5 Å². The highest BCUT2D eigenvalue weighted by molar-refractivity contribution is 5.72. The number of nitro benzene ring substituents is 1. The lowest BCUT2D eigenvalue weighted by Crippen LogP contribution is -1.93. The van der Waals surface area contributed by atoms with E-state index in [4.69, 9.17) is 9.47 Å². The van der Waals surface area contributed by atoms with Gasteiger partial charge in [-0.05, 0) is 42.3 Å². The van der Waals surface area contributed by atoms with Gasteiger partial charge in [-0.3, -0.25) is 10.1 Å². The number of hydrogen-bond acceptors (Lipinski definition) is 4. The fourth-order valence-electron chi connectivity index (χ4n) is 2.10. The summed E-state index contributed by atoms with van der Waals surface area (Å²) in [6.45, 7) is 1.93. The van der Waals surface area contributed by atoms with Crippen LogP contribution in [0.5, 0.6) is 11.5 Å². The van der Waals surface area contributed by atoms with E-state index in [2.05, 4.69) is 0 Å². The van der Waals surface area contributed by atoms with Crippen LogP contribution < -0.4 is 9.47 Å². The molecule has 0 aliphatic heterocycles. The molecule has 0 amide bonds. The second-order valence-electron chi connectivity index (χ2n) is 4.73. The Morgan fingerprint density at radius 2 is 1.45 bits per heavy atom. The van der Waals surface area contributed by atoms with Crippen molar-refractivity contribution in [2.24, 2.45) is 0 Å². The molecule has 0 fully saturated rings. The third kappa shape index (κ3) is 3.44. The minimum absolute atomic E-state index is 0.0795. The molecule has 2 rings (SSSR count). The van der Waals surface area contributed by atoms with E-state index in [1.807, 2.05) is 31.2 Å². The predicted octanol–water partition coefficient (Wildman–Crippen LogP) is 4.09. The van der Waals surface area contributed by atoms with Crippen LogP contribution in [0.1, 0.15) is 16.7 Å². The van der Waals surface area contributed by atoms with E-state index in [-0.39, 0.29) is 5.69 Å². The highest BCUT2D eigenvalue weighted by Crippen LogP contribution is 2.30. The molecule has 5 heteroatoms. The van der Waals surface area contributed by atoms with Gasteiger partial charge in [0.2, 0.25) is 0 Å². The minimum Gasteiger partial charge on any atom is -0.496 e. The number of nitrogens with zero attached hydrogens (tertiary/aromatic N) is 1. The molecular formula is C17H17NO4. The molecule has 0 aromatic heterocycles. The van der Waals surface area contributed by atoms with E-state index >= 15 is 0 Å². The molecule has 2 aromatic rings. The van der Waals surface area contributed by atoms with Crippen molar-refractivity contribution in [1.29, 1.82) is 0 Å². The monoisotopic (exact) mass is 299 g/mol. The fourth-order valence-corrected chi connectivity index (χ4v) is 2.10. The molecule has 0 radical (unpaired) electrons. The van der Waals surface area contributed by atoms with Crippen LogP contribution in [0.15, 0.2) is 36.4 Å². The van der Waals surface area contributed by atoms with E-state index in [0.717, 1.165) is 28.2 Å². The van der Waals surface area contributed by atoms with Gasteiger partial charge in [-0.25, -0.2) is 0 Å². The summed E-state index contributed by atoms with van der Waals surface area (Å²) in [5, 5.41) is 10.6. The minimum atomic E-state index is -0.413. The maximum absolute atomic E-state index is 10.6. The zero-order chi connectivity index (χ0) is 16.1. The first-order valence-corrected chi connectivity index (χ1v) is 6.70. The molecule has 0 spiro atoms. The molecule has 5 nitrogen and oxygen atoms in total. The van der Waals surface area contributed by atoms with Crippen molar-refractivity contribution in [1.82, 2.24) is 0 Å². The standard InChI is InChI=1S/C17H17NO4/c1-12-16(21-2)10-14(11-17(12)22-3)5-4-13-6-8-15(9-7-13)18(19)20/h4-11H,1-3H3. The smallest absolute Gasteiger partial charge is 0.269 e. The quantitative estimate of drug-likeness (QED) is 0.474. The summed E-state index contributed by atoms with van der Waals surface area (Å²) in [5.74, 6) is 1.50. The van der Waals surface area contributed by atoms with Crippen molar-refractivity contribution >= 4 is 17.8 Å². The lowest BCUT2D eigenvalue weighted by atomic mass is 10.1. The third-order valence-electron chi connectivity index (χ3n) is 3.35. The summed E-state index contributed by atoms with van der Waals surface area (Å²) in [7, 11) is 3.23. The summed E-state index contributed by atoms with van der Waals surface area (Å²) in [4.78, 5) is 10.2. The zero-order valence-electron chi connectivity index (χ0n) is 12.7.